The minimum absolute atomic E-state index is 0.425. The molecular weight excluding hydrogens is 220 g/mol. The number of hydroxylamine groups is 1. The van der Waals surface area contributed by atoms with Crippen molar-refractivity contribution in [3.63, 3.8) is 0 Å². The Bertz CT molecular complexity index is 411. The van der Waals surface area contributed by atoms with Gasteiger partial charge in [0.1, 0.15) is 22.3 Å². The molecule has 4 nitrogen and oxygen atoms in total. The molecule has 0 aromatic heterocycles. The van der Waals surface area contributed by atoms with Gasteiger partial charge in [-0.05, 0) is 19.1 Å². The van der Waals surface area contributed by atoms with Gasteiger partial charge >= 0.3 is 0 Å². The standard InChI is InChI=1S/C9H6N2O.C2H8OSi/c10-6-8-5-7-3-1-2-4-9(7)12-11-8;1-2-3-4/h1-5,11H;2H2,1,4H3. The fourth-order valence-electron chi connectivity index (χ4n) is 1.04. The second-order valence-corrected chi connectivity index (χ2v) is 3.57. The third-order valence-corrected chi connectivity index (χ3v) is 2.48. The lowest BCUT2D eigenvalue weighted by atomic mass is 10.1. The monoisotopic (exact) mass is 234 g/mol. The summed E-state index contributed by atoms with van der Waals surface area (Å²) in [5.41, 5.74) is 3.87. The van der Waals surface area contributed by atoms with Crippen LogP contribution in [0, 0.1) is 11.3 Å². The lowest BCUT2D eigenvalue weighted by molar-refractivity contribution is 0.230. The first kappa shape index (κ1) is 12.3. The minimum Gasteiger partial charge on any atom is -0.428 e. The van der Waals surface area contributed by atoms with Crippen molar-refractivity contribution in [1.29, 1.82) is 5.26 Å². The van der Waals surface area contributed by atoms with Crippen molar-refractivity contribution < 1.29 is 9.26 Å². The molecule has 1 aliphatic rings. The van der Waals surface area contributed by atoms with Crippen molar-refractivity contribution in [2.45, 2.75) is 6.92 Å². The summed E-state index contributed by atoms with van der Waals surface area (Å²) < 4.78 is 4.68. The highest BCUT2D eigenvalue weighted by Gasteiger charge is 2.08. The van der Waals surface area contributed by atoms with Gasteiger partial charge in [-0.1, -0.05) is 18.2 Å². The Balaban J connectivity index is 0.000000280. The number of hydrogen-bond acceptors (Lipinski definition) is 4. The molecule has 0 unspecified atom stereocenters. The van der Waals surface area contributed by atoms with Crippen LogP contribution >= 0.6 is 0 Å². The maximum atomic E-state index is 8.56. The lowest BCUT2D eigenvalue weighted by Gasteiger charge is -2.14. The summed E-state index contributed by atoms with van der Waals surface area (Å²) in [6.45, 7) is 2.87. The van der Waals surface area contributed by atoms with E-state index in [1.165, 1.54) is 0 Å². The molecule has 2 rings (SSSR count). The molecule has 0 amide bonds. The van der Waals surface area contributed by atoms with Gasteiger partial charge in [0.2, 0.25) is 0 Å². The number of nitrogens with one attached hydrogen (secondary N) is 1. The summed E-state index contributed by atoms with van der Waals surface area (Å²) in [7, 11) is 0.890. The van der Waals surface area contributed by atoms with Gasteiger partial charge in [-0.15, -0.1) is 0 Å². The van der Waals surface area contributed by atoms with Crippen LogP contribution < -0.4 is 10.3 Å². The molecule has 1 heterocycles. The number of benzene rings is 1. The van der Waals surface area contributed by atoms with Crippen molar-refractivity contribution in [3.8, 4) is 11.8 Å². The van der Waals surface area contributed by atoms with Gasteiger partial charge in [0.05, 0.1) is 0 Å². The van der Waals surface area contributed by atoms with E-state index in [4.69, 9.17) is 10.1 Å². The van der Waals surface area contributed by atoms with Crippen LogP contribution in [-0.2, 0) is 4.43 Å². The Morgan fingerprint density at radius 1 is 1.50 bits per heavy atom. The van der Waals surface area contributed by atoms with Crippen molar-refractivity contribution >= 4 is 16.6 Å². The molecule has 0 saturated carbocycles. The molecule has 0 saturated heterocycles. The molecule has 1 aromatic carbocycles. The Kier molecular flexibility index (Phi) is 5.12. The van der Waals surface area contributed by atoms with E-state index in [9.17, 15) is 0 Å². The van der Waals surface area contributed by atoms with Crippen LogP contribution in [0.1, 0.15) is 12.5 Å². The quantitative estimate of drug-likeness (QED) is 0.729. The fraction of sp³-hybridized carbons (Fsp3) is 0.182. The van der Waals surface area contributed by atoms with Gasteiger partial charge in [0.25, 0.3) is 0 Å². The predicted molar refractivity (Wildman–Crippen MR) is 65.4 cm³/mol. The number of rotatable bonds is 1. The summed E-state index contributed by atoms with van der Waals surface area (Å²) in [5.74, 6) is 0.747. The van der Waals surface area contributed by atoms with E-state index in [0.29, 0.717) is 5.70 Å². The lowest BCUT2D eigenvalue weighted by Crippen LogP contribution is -2.20. The average Bonchev–Trinajstić information content (AvgIpc) is 2.38. The summed E-state index contributed by atoms with van der Waals surface area (Å²) in [6.07, 6.45) is 1.75. The predicted octanol–water partition coefficient (Wildman–Crippen LogP) is 0.751. The third-order valence-electron chi connectivity index (χ3n) is 1.90. The Morgan fingerprint density at radius 2 is 2.19 bits per heavy atom. The van der Waals surface area contributed by atoms with Crippen molar-refractivity contribution in [1.82, 2.24) is 5.48 Å². The number of nitrogens with zero attached hydrogens (tertiary/aromatic N) is 1. The number of allylic oxidation sites excluding steroid dienone is 1. The van der Waals surface area contributed by atoms with E-state index in [0.717, 1.165) is 28.4 Å². The van der Waals surface area contributed by atoms with Crippen LogP contribution in [-0.4, -0.2) is 17.1 Å². The summed E-state index contributed by atoms with van der Waals surface area (Å²) in [4.78, 5) is 5.09. The zero-order valence-electron chi connectivity index (χ0n) is 9.36. The Morgan fingerprint density at radius 3 is 2.81 bits per heavy atom. The average molecular weight is 234 g/mol. The first-order valence-electron chi connectivity index (χ1n) is 4.94. The topological polar surface area (TPSA) is 54.3 Å². The molecule has 0 spiro atoms. The smallest absolute Gasteiger partial charge is 0.162 e. The number of fused-ring (bicyclic) bond motifs is 1. The largest absolute Gasteiger partial charge is 0.428 e. The molecule has 1 aromatic rings. The summed E-state index contributed by atoms with van der Waals surface area (Å²) >= 11 is 0. The van der Waals surface area contributed by atoms with Crippen LogP contribution in [0.15, 0.2) is 30.0 Å². The summed E-state index contributed by atoms with van der Waals surface area (Å²) in [5, 5.41) is 8.56. The molecule has 16 heavy (non-hydrogen) atoms. The van der Waals surface area contributed by atoms with E-state index >= 15 is 0 Å². The van der Waals surface area contributed by atoms with E-state index < -0.39 is 0 Å². The first-order valence-corrected chi connectivity index (χ1v) is 5.76. The van der Waals surface area contributed by atoms with Crippen molar-refractivity contribution in [2.24, 2.45) is 0 Å². The summed E-state index contributed by atoms with van der Waals surface area (Å²) in [6, 6.07) is 9.49. The molecule has 0 fully saturated rings. The zero-order valence-corrected chi connectivity index (χ0v) is 11.4. The van der Waals surface area contributed by atoms with Gasteiger partial charge in [0.15, 0.2) is 5.75 Å². The normalized spacial score (nSPS) is 11.9. The van der Waals surface area contributed by atoms with Crippen LogP contribution in [0.3, 0.4) is 0 Å². The second kappa shape index (κ2) is 6.66. The third kappa shape index (κ3) is 3.42. The SMILES string of the molecule is CCO[SiH3].N#CC1=Cc2ccccc2ON1. The van der Waals surface area contributed by atoms with E-state index in [2.05, 4.69) is 9.91 Å². The van der Waals surface area contributed by atoms with Gasteiger partial charge in [-0.2, -0.15) is 5.26 Å². The van der Waals surface area contributed by atoms with Crippen molar-refractivity contribution in [3.05, 3.63) is 35.5 Å². The molecule has 5 heteroatoms. The molecule has 0 radical (unpaired) electrons. The van der Waals surface area contributed by atoms with Gasteiger partial charge in [-0.25, -0.2) is 5.48 Å². The van der Waals surface area contributed by atoms with E-state index in [1.807, 2.05) is 37.3 Å². The first-order chi connectivity index (χ1) is 7.81. The van der Waals surface area contributed by atoms with E-state index in [1.54, 1.807) is 6.08 Å². The highest BCUT2D eigenvalue weighted by Crippen LogP contribution is 2.22. The van der Waals surface area contributed by atoms with E-state index in [-0.39, 0.29) is 0 Å². The fourth-order valence-corrected chi connectivity index (χ4v) is 1.04. The molecular formula is C11H14N2O2Si. The maximum Gasteiger partial charge on any atom is 0.162 e. The minimum atomic E-state index is 0.425. The molecule has 1 aliphatic heterocycles. The van der Waals surface area contributed by atoms with Crippen molar-refractivity contribution in [2.75, 3.05) is 6.61 Å². The molecule has 0 aliphatic carbocycles. The van der Waals surface area contributed by atoms with Crippen LogP contribution in [0.5, 0.6) is 5.75 Å². The highest BCUT2D eigenvalue weighted by molar-refractivity contribution is 5.97. The molecule has 0 atom stereocenters. The maximum absolute atomic E-state index is 8.56. The second-order valence-electron chi connectivity index (χ2n) is 2.99. The molecule has 0 bridgehead atoms. The van der Waals surface area contributed by atoms with Crippen LogP contribution in [0.2, 0.25) is 0 Å². The number of hydrogen-bond donors (Lipinski definition) is 1. The van der Waals surface area contributed by atoms with Crippen LogP contribution in [0.25, 0.3) is 6.08 Å². The number of para-hydroxylation sites is 1. The van der Waals surface area contributed by atoms with Gasteiger partial charge in [0, 0.05) is 12.2 Å². The van der Waals surface area contributed by atoms with Crippen LogP contribution in [0.4, 0.5) is 0 Å². The zero-order chi connectivity index (χ0) is 11.8. The molecule has 84 valence electrons. The Hall–Kier alpha value is -1.77. The molecule has 1 N–H and O–H groups in total. The van der Waals surface area contributed by atoms with Gasteiger partial charge < -0.3 is 9.26 Å². The highest BCUT2D eigenvalue weighted by atomic mass is 28.2. The Labute approximate surface area is 98.0 Å². The number of nitriles is 1. The van der Waals surface area contributed by atoms with Gasteiger partial charge in [-0.3, -0.25) is 0 Å².